The van der Waals surface area contributed by atoms with Gasteiger partial charge in [0, 0.05) is 13.0 Å². The van der Waals surface area contributed by atoms with Gasteiger partial charge in [0.15, 0.2) is 0 Å². The van der Waals surface area contributed by atoms with Crippen LogP contribution in [0.2, 0.25) is 0 Å². The van der Waals surface area contributed by atoms with Crippen LogP contribution < -0.4 is 0 Å². The number of ether oxygens (including phenoxy) is 6. The number of hydrogen-bond acceptors (Lipinski definition) is 7. The van der Waals surface area contributed by atoms with Crippen LogP contribution in [0, 0.1) is 0 Å². The lowest BCUT2D eigenvalue weighted by Crippen LogP contribution is -2.15. The molecular weight excluding hydrogens is 508 g/mol. The smallest absolute Gasteiger partial charge is 0.305 e. The van der Waals surface area contributed by atoms with E-state index in [2.05, 4.69) is 13.8 Å². The van der Waals surface area contributed by atoms with Crippen LogP contribution >= 0.6 is 0 Å². The number of esters is 1. The summed E-state index contributed by atoms with van der Waals surface area (Å²) in [4.78, 5) is 11.8. The second kappa shape index (κ2) is 36.3. The van der Waals surface area contributed by atoms with Crippen LogP contribution in [0.1, 0.15) is 136 Å². The van der Waals surface area contributed by atoms with Gasteiger partial charge < -0.3 is 28.4 Å². The highest BCUT2D eigenvalue weighted by Gasteiger charge is 2.03. The molecule has 0 fully saturated rings. The minimum absolute atomic E-state index is 0.116. The van der Waals surface area contributed by atoms with E-state index in [0.29, 0.717) is 72.5 Å². The lowest BCUT2D eigenvalue weighted by atomic mass is 10.0. The van der Waals surface area contributed by atoms with Gasteiger partial charge in [-0.25, -0.2) is 0 Å². The van der Waals surface area contributed by atoms with Crippen LogP contribution in [0.5, 0.6) is 0 Å². The fourth-order valence-electron chi connectivity index (χ4n) is 4.36. The van der Waals surface area contributed by atoms with E-state index in [9.17, 15) is 4.79 Å². The molecule has 0 spiro atoms. The van der Waals surface area contributed by atoms with E-state index in [-0.39, 0.29) is 5.97 Å². The van der Waals surface area contributed by atoms with Gasteiger partial charge in [0.1, 0.15) is 6.61 Å². The summed E-state index contributed by atoms with van der Waals surface area (Å²) in [5.41, 5.74) is 0. The van der Waals surface area contributed by atoms with E-state index < -0.39 is 0 Å². The predicted octanol–water partition coefficient (Wildman–Crippen LogP) is 8.06. The quantitative estimate of drug-likeness (QED) is 0.0560. The highest BCUT2D eigenvalue weighted by Crippen LogP contribution is 2.13. The molecule has 0 aromatic heterocycles. The molecule has 0 N–H and O–H groups in total. The summed E-state index contributed by atoms with van der Waals surface area (Å²) in [5, 5.41) is 0. The van der Waals surface area contributed by atoms with Gasteiger partial charge in [-0.05, 0) is 12.8 Å². The maximum atomic E-state index is 11.8. The van der Waals surface area contributed by atoms with Gasteiger partial charge in [0.2, 0.25) is 0 Å². The summed E-state index contributed by atoms with van der Waals surface area (Å²) in [6.45, 7) is 10.5. The molecule has 0 aliphatic heterocycles. The second-order valence-corrected chi connectivity index (χ2v) is 10.7. The fraction of sp³-hybridized carbons (Fsp3) is 0.970. The summed E-state index contributed by atoms with van der Waals surface area (Å²) in [6, 6.07) is 0. The Labute approximate surface area is 247 Å². The predicted molar refractivity (Wildman–Crippen MR) is 164 cm³/mol. The van der Waals surface area contributed by atoms with Gasteiger partial charge in [-0.2, -0.15) is 0 Å². The number of unbranched alkanes of at least 4 members (excludes halogenated alkanes) is 16. The maximum absolute atomic E-state index is 11.8. The van der Waals surface area contributed by atoms with Crippen molar-refractivity contribution in [2.45, 2.75) is 136 Å². The molecule has 7 nitrogen and oxygen atoms in total. The summed E-state index contributed by atoms with van der Waals surface area (Å²) >= 11 is 0. The minimum Gasteiger partial charge on any atom is -0.463 e. The van der Waals surface area contributed by atoms with Gasteiger partial charge in [0.05, 0.1) is 59.5 Å². The Balaban J connectivity index is 3.13. The molecule has 0 bridgehead atoms. The Morgan fingerprint density at radius 2 is 0.650 bits per heavy atom. The normalized spacial score (nSPS) is 11.3. The molecule has 0 aromatic rings. The number of hydrogen-bond donors (Lipinski definition) is 0. The third kappa shape index (κ3) is 35.3. The van der Waals surface area contributed by atoms with Crippen LogP contribution in [0.4, 0.5) is 0 Å². The molecule has 240 valence electrons. The van der Waals surface area contributed by atoms with Gasteiger partial charge in [-0.1, -0.05) is 117 Å². The summed E-state index contributed by atoms with van der Waals surface area (Å²) in [6.07, 6.45) is 23.8. The molecule has 0 aliphatic carbocycles. The molecule has 0 rings (SSSR count). The molecular formula is C33H66O7. The first-order valence-electron chi connectivity index (χ1n) is 16.9. The maximum Gasteiger partial charge on any atom is 0.305 e. The monoisotopic (exact) mass is 574 g/mol. The first kappa shape index (κ1) is 39.3. The lowest BCUT2D eigenvalue weighted by Gasteiger charge is -2.08. The second-order valence-electron chi connectivity index (χ2n) is 10.7. The summed E-state index contributed by atoms with van der Waals surface area (Å²) < 4.78 is 32.7. The van der Waals surface area contributed by atoms with Crippen molar-refractivity contribution in [3.05, 3.63) is 0 Å². The van der Waals surface area contributed by atoms with Crippen LogP contribution in [0.3, 0.4) is 0 Å². The third-order valence-electron chi connectivity index (χ3n) is 6.86. The molecule has 7 heteroatoms. The zero-order chi connectivity index (χ0) is 29.0. The molecule has 0 heterocycles. The first-order chi connectivity index (χ1) is 19.8. The highest BCUT2D eigenvalue weighted by atomic mass is 16.6. The Morgan fingerprint density at radius 1 is 0.350 bits per heavy atom. The Bertz CT molecular complexity index is 476. The van der Waals surface area contributed by atoms with Crippen LogP contribution in [0.25, 0.3) is 0 Å². The topological polar surface area (TPSA) is 72.5 Å². The molecule has 0 amide bonds. The molecule has 40 heavy (non-hydrogen) atoms. The van der Waals surface area contributed by atoms with Gasteiger partial charge >= 0.3 is 5.97 Å². The Kier molecular flexibility index (Phi) is 35.6. The lowest BCUT2D eigenvalue weighted by molar-refractivity contribution is -0.145. The molecule has 0 aromatic carbocycles. The third-order valence-corrected chi connectivity index (χ3v) is 6.86. The standard InChI is InChI=1S/C33H66O7/c1-3-5-7-9-10-11-12-13-14-15-16-17-19-21-33(34)40-32-31-39-30-29-38-28-27-37-26-25-36-24-23-35-22-20-18-8-6-4-2/h3-32H2,1-2H3. The van der Waals surface area contributed by atoms with Crippen LogP contribution in [-0.2, 0) is 33.2 Å². The van der Waals surface area contributed by atoms with Crippen molar-refractivity contribution in [2.24, 2.45) is 0 Å². The number of rotatable bonds is 35. The van der Waals surface area contributed by atoms with Gasteiger partial charge in [0.25, 0.3) is 0 Å². The zero-order valence-electron chi connectivity index (χ0n) is 26.6. The molecule has 0 unspecified atom stereocenters. The highest BCUT2D eigenvalue weighted by molar-refractivity contribution is 5.69. The van der Waals surface area contributed by atoms with Crippen LogP contribution in [0.15, 0.2) is 0 Å². The molecule has 0 atom stereocenters. The summed E-state index contributed by atoms with van der Waals surface area (Å²) in [7, 11) is 0. The SMILES string of the molecule is CCCCCCCCCCCCCCCC(=O)OCCOCCOCCOCCOCCOCCCCCCC. The average Bonchev–Trinajstić information content (AvgIpc) is 2.96. The van der Waals surface area contributed by atoms with Gasteiger partial charge in [-0.15, -0.1) is 0 Å². The van der Waals surface area contributed by atoms with E-state index in [1.807, 2.05) is 0 Å². The zero-order valence-corrected chi connectivity index (χ0v) is 26.6. The largest absolute Gasteiger partial charge is 0.463 e. The minimum atomic E-state index is -0.116. The fourth-order valence-corrected chi connectivity index (χ4v) is 4.36. The van der Waals surface area contributed by atoms with E-state index in [4.69, 9.17) is 28.4 Å². The molecule has 0 aliphatic rings. The van der Waals surface area contributed by atoms with Crippen molar-refractivity contribution < 1.29 is 33.2 Å². The van der Waals surface area contributed by atoms with Crippen molar-refractivity contribution in [1.82, 2.24) is 0 Å². The van der Waals surface area contributed by atoms with Crippen molar-refractivity contribution in [3.63, 3.8) is 0 Å². The molecule has 0 radical (unpaired) electrons. The Hall–Kier alpha value is -0.730. The number of carbonyl (C=O) groups excluding carboxylic acids is 1. The molecule has 0 saturated carbocycles. The summed E-state index contributed by atoms with van der Waals surface area (Å²) in [5.74, 6) is -0.116. The van der Waals surface area contributed by atoms with E-state index >= 15 is 0 Å². The van der Waals surface area contributed by atoms with Gasteiger partial charge in [-0.3, -0.25) is 4.79 Å². The van der Waals surface area contributed by atoms with E-state index in [1.165, 1.54) is 96.3 Å². The van der Waals surface area contributed by atoms with E-state index in [0.717, 1.165) is 25.9 Å². The van der Waals surface area contributed by atoms with Crippen LogP contribution in [-0.4, -0.2) is 78.6 Å². The van der Waals surface area contributed by atoms with Crippen molar-refractivity contribution >= 4 is 5.97 Å². The Morgan fingerprint density at radius 3 is 1.05 bits per heavy atom. The van der Waals surface area contributed by atoms with Crippen molar-refractivity contribution in [3.8, 4) is 0 Å². The van der Waals surface area contributed by atoms with Crippen molar-refractivity contribution in [1.29, 1.82) is 0 Å². The first-order valence-corrected chi connectivity index (χ1v) is 16.9. The number of carbonyl (C=O) groups is 1. The van der Waals surface area contributed by atoms with Crippen molar-refractivity contribution in [2.75, 3.05) is 72.7 Å². The average molecular weight is 575 g/mol. The van der Waals surface area contributed by atoms with E-state index in [1.54, 1.807) is 0 Å². The molecule has 0 saturated heterocycles.